The van der Waals surface area contributed by atoms with Crippen LogP contribution in [0.2, 0.25) is 0 Å². The van der Waals surface area contributed by atoms with Gasteiger partial charge in [-0.3, -0.25) is 9.59 Å². The molecule has 0 saturated carbocycles. The van der Waals surface area contributed by atoms with E-state index < -0.39 is 17.6 Å². The van der Waals surface area contributed by atoms with E-state index >= 15 is 0 Å². The number of nitrogens with zero attached hydrogens (tertiary/aromatic N) is 1. The number of amides is 2. The molecule has 168 valence electrons. The zero-order valence-corrected chi connectivity index (χ0v) is 18.3. The van der Waals surface area contributed by atoms with Crippen LogP contribution in [0.3, 0.4) is 0 Å². The molecule has 2 amide bonds. The van der Waals surface area contributed by atoms with E-state index in [4.69, 9.17) is 9.47 Å². The Balaban J connectivity index is 1.76. The maximum atomic E-state index is 14.5. The minimum atomic E-state index is -0.660. The monoisotopic (exact) mass is 446 g/mol. The van der Waals surface area contributed by atoms with Crippen molar-refractivity contribution in [2.45, 2.75) is 13.3 Å². The van der Waals surface area contributed by atoms with Gasteiger partial charge in [-0.25, -0.2) is 9.29 Å². The maximum Gasteiger partial charge on any atom is 0.282 e. The summed E-state index contributed by atoms with van der Waals surface area (Å²) in [7, 11) is 1.56. The van der Waals surface area contributed by atoms with Crippen LogP contribution in [0.15, 0.2) is 78.5 Å². The van der Waals surface area contributed by atoms with E-state index in [1.54, 1.807) is 61.7 Å². The number of anilines is 2. The third kappa shape index (κ3) is 4.43. The third-order valence-corrected chi connectivity index (χ3v) is 5.15. The number of halogens is 1. The molecule has 4 rings (SSSR count). The van der Waals surface area contributed by atoms with Gasteiger partial charge in [-0.15, -0.1) is 0 Å². The Bertz CT molecular complexity index is 1200. The molecule has 0 spiro atoms. The van der Waals surface area contributed by atoms with Crippen molar-refractivity contribution in [3.05, 3.63) is 89.9 Å². The molecule has 0 fully saturated rings. The number of methoxy groups -OCH3 is 1. The lowest BCUT2D eigenvalue weighted by molar-refractivity contribution is -0.120. The van der Waals surface area contributed by atoms with Crippen LogP contribution in [-0.2, 0) is 9.59 Å². The average Bonchev–Trinajstić information content (AvgIpc) is 3.08. The average molecular weight is 446 g/mol. The molecule has 1 aliphatic rings. The highest BCUT2D eigenvalue weighted by atomic mass is 19.1. The first-order valence-corrected chi connectivity index (χ1v) is 10.6. The second kappa shape index (κ2) is 9.56. The first-order valence-electron chi connectivity index (χ1n) is 10.6. The standard InChI is InChI=1S/C26H23FN2O4/c1-3-16-33-20-12-8-17(9-13-20)23-24(28-18-10-14-19(32-2)15-11-18)26(31)29(25(23)30)22-7-5-4-6-21(22)27/h4-15,28H,3,16H2,1-2H3. The van der Waals surface area contributed by atoms with Gasteiger partial charge in [0.15, 0.2) is 0 Å². The number of hydrogen-bond donors (Lipinski definition) is 1. The summed E-state index contributed by atoms with van der Waals surface area (Å²) in [6.45, 7) is 2.58. The molecule has 1 aliphatic heterocycles. The molecule has 0 atom stereocenters. The van der Waals surface area contributed by atoms with Crippen molar-refractivity contribution in [1.82, 2.24) is 0 Å². The van der Waals surface area contributed by atoms with Gasteiger partial charge in [0.05, 0.1) is 25.0 Å². The Labute approximate surface area is 191 Å². The molecule has 0 saturated heterocycles. The topological polar surface area (TPSA) is 67.9 Å². The van der Waals surface area contributed by atoms with Gasteiger partial charge < -0.3 is 14.8 Å². The fourth-order valence-corrected chi connectivity index (χ4v) is 3.52. The predicted molar refractivity (Wildman–Crippen MR) is 125 cm³/mol. The zero-order chi connectivity index (χ0) is 23.4. The van der Waals surface area contributed by atoms with Crippen molar-refractivity contribution >= 4 is 28.8 Å². The van der Waals surface area contributed by atoms with Crippen molar-refractivity contribution in [2.75, 3.05) is 23.9 Å². The molecule has 3 aromatic rings. The number of rotatable bonds is 8. The van der Waals surface area contributed by atoms with Gasteiger partial charge in [-0.2, -0.15) is 0 Å². The molecule has 0 aliphatic carbocycles. The molecule has 1 N–H and O–H groups in total. The van der Waals surface area contributed by atoms with Gasteiger partial charge in [0.2, 0.25) is 0 Å². The number of hydrogen-bond acceptors (Lipinski definition) is 5. The van der Waals surface area contributed by atoms with Gasteiger partial charge in [0, 0.05) is 5.69 Å². The van der Waals surface area contributed by atoms with Gasteiger partial charge in [-0.05, 0) is 60.5 Å². The molecule has 33 heavy (non-hydrogen) atoms. The Morgan fingerprint density at radius 1 is 0.879 bits per heavy atom. The number of carbonyl (C=O) groups is 2. The zero-order valence-electron chi connectivity index (χ0n) is 18.3. The van der Waals surface area contributed by atoms with Crippen molar-refractivity contribution in [2.24, 2.45) is 0 Å². The summed E-state index contributed by atoms with van der Waals surface area (Å²) in [5, 5.41) is 3.05. The van der Waals surface area contributed by atoms with E-state index in [9.17, 15) is 14.0 Å². The van der Waals surface area contributed by atoms with Gasteiger partial charge in [0.1, 0.15) is 23.0 Å². The second-order valence-corrected chi connectivity index (χ2v) is 7.37. The Morgan fingerprint density at radius 2 is 1.55 bits per heavy atom. The molecule has 0 aromatic heterocycles. The Morgan fingerprint density at radius 3 is 2.18 bits per heavy atom. The summed E-state index contributed by atoms with van der Waals surface area (Å²) in [5.74, 6) is -0.592. The summed E-state index contributed by atoms with van der Waals surface area (Å²) < 4.78 is 25.3. The molecule has 6 nitrogen and oxygen atoms in total. The van der Waals surface area contributed by atoms with Crippen molar-refractivity contribution in [3.8, 4) is 11.5 Å². The lowest BCUT2D eigenvalue weighted by Gasteiger charge is -2.16. The quantitative estimate of drug-likeness (QED) is 0.492. The van der Waals surface area contributed by atoms with Crippen LogP contribution in [-0.4, -0.2) is 25.5 Å². The first kappa shape index (κ1) is 22.1. The summed E-state index contributed by atoms with van der Waals surface area (Å²) in [5.41, 5.74) is 1.23. The van der Waals surface area contributed by atoms with Crippen LogP contribution in [0.5, 0.6) is 11.5 Å². The highest BCUT2D eigenvalue weighted by molar-refractivity contribution is 6.46. The summed E-state index contributed by atoms with van der Waals surface area (Å²) >= 11 is 0. The lowest BCUT2D eigenvalue weighted by Crippen LogP contribution is -2.33. The highest BCUT2D eigenvalue weighted by Crippen LogP contribution is 2.35. The molecule has 0 radical (unpaired) electrons. The number of benzene rings is 3. The van der Waals surface area contributed by atoms with Crippen molar-refractivity contribution < 1.29 is 23.5 Å². The van der Waals surface area contributed by atoms with E-state index in [-0.39, 0.29) is 17.0 Å². The minimum absolute atomic E-state index is 0.0654. The Kier molecular flexibility index (Phi) is 6.40. The molecule has 1 heterocycles. The van der Waals surface area contributed by atoms with E-state index in [2.05, 4.69) is 5.32 Å². The number of carbonyl (C=O) groups excluding carboxylic acids is 2. The van der Waals surface area contributed by atoms with Gasteiger partial charge in [0.25, 0.3) is 11.8 Å². The fourth-order valence-electron chi connectivity index (χ4n) is 3.52. The van der Waals surface area contributed by atoms with Gasteiger partial charge in [-0.1, -0.05) is 31.2 Å². The molecular weight excluding hydrogens is 423 g/mol. The normalized spacial score (nSPS) is 13.5. The van der Waals surface area contributed by atoms with Crippen LogP contribution in [0.1, 0.15) is 18.9 Å². The van der Waals surface area contributed by atoms with Crippen LogP contribution in [0.25, 0.3) is 5.57 Å². The second-order valence-electron chi connectivity index (χ2n) is 7.37. The largest absolute Gasteiger partial charge is 0.497 e. The van der Waals surface area contributed by atoms with Crippen LogP contribution >= 0.6 is 0 Å². The molecular formula is C26H23FN2O4. The number of para-hydroxylation sites is 1. The van der Waals surface area contributed by atoms with E-state index in [0.29, 0.717) is 29.4 Å². The van der Waals surface area contributed by atoms with Crippen LogP contribution in [0, 0.1) is 5.82 Å². The molecule has 0 bridgehead atoms. The fraction of sp³-hybridized carbons (Fsp3) is 0.154. The van der Waals surface area contributed by atoms with Gasteiger partial charge >= 0.3 is 0 Å². The smallest absolute Gasteiger partial charge is 0.282 e. The van der Waals surface area contributed by atoms with E-state index in [0.717, 1.165) is 11.3 Å². The Hall–Kier alpha value is -4.13. The number of imide groups is 1. The first-order chi connectivity index (χ1) is 16.0. The predicted octanol–water partition coefficient (Wildman–Crippen LogP) is 5.02. The molecule has 7 heteroatoms. The van der Waals surface area contributed by atoms with E-state index in [1.165, 1.54) is 18.2 Å². The van der Waals surface area contributed by atoms with Crippen LogP contribution in [0.4, 0.5) is 15.8 Å². The highest BCUT2D eigenvalue weighted by Gasteiger charge is 2.41. The summed E-state index contributed by atoms with van der Waals surface area (Å²) in [6.07, 6.45) is 0.868. The van der Waals surface area contributed by atoms with Crippen LogP contribution < -0.4 is 19.7 Å². The maximum absolute atomic E-state index is 14.5. The van der Waals surface area contributed by atoms with Crippen molar-refractivity contribution in [3.63, 3.8) is 0 Å². The lowest BCUT2D eigenvalue weighted by atomic mass is 10.0. The minimum Gasteiger partial charge on any atom is -0.497 e. The summed E-state index contributed by atoms with van der Waals surface area (Å²) in [6, 6.07) is 19.5. The van der Waals surface area contributed by atoms with E-state index in [1.807, 2.05) is 6.92 Å². The number of nitrogens with one attached hydrogen (secondary N) is 1. The molecule has 0 unspecified atom stereocenters. The SMILES string of the molecule is CCCOc1ccc(C2=C(Nc3ccc(OC)cc3)C(=O)N(c3ccccc3F)C2=O)cc1. The number of ether oxygens (including phenoxy) is 2. The van der Waals surface area contributed by atoms with Crippen molar-refractivity contribution in [1.29, 1.82) is 0 Å². The molecule has 3 aromatic carbocycles. The third-order valence-electron chi connectivity index (χ3n) is 5.15. The summed E-state index contributed by atoms with van der Waals surface area (Å²) in [4.78, 5) is 27.6.